The first kappa shape index (κ1) is 14.0. The van der Waals surface area contributed by atoms with Gasteiger partial charge in [0.2, 0.25) is 0 Å². The maximum Gasteiger partial charge on any atom is 0.329 e. The van der Waals surface area contributed by atoms with E-state index in [2.05, 4.69) is 16.9 Å². The second-order valence-corrected chi connectivity index (χ2v) is 3.70. The Bertz CT molecular complexity index is 518. The van der Waals surface area contributed by atoms with E-state index in [1.165, 1.54) is 11.6 Å². The standard InChI is InChI=1S/C11H18N4O3/c1-3-4-6-18-7-5-13-8-9(12)15(2)11(17)14-10(8)16/h3,13H,1,4-7,12H2,2H3,(H,14,16,17). The summed E-state index contributed by atoms with van der Waals surface area (Å²) >= 11 is 0. The highest BCUT2D eigenvalue weighted by Crippen LogP contribution is 2.07. The first-order valence-corrected chi connectivity index (χ1v) is 5.59. The largest absolute Gasteiger partial charge is 0.383 e. The molecule has 0 bridgehead atoms. The van der Waals surface area contributed by atoms with Crippen LogP contribution < -0.4 is 22.3 Å². The monoisotopic (exact) mass is 254 g/mol. The lowest BCUT2D eigenvalue weighted by Gasteiger charge is -2.10. The highest BCUT2D eigenvalue weighted by molar-refractivity contribution is 5.60. The molecule has 0 spiro atoms. The molecule has 0 unspecified atom stereocenters. The molecule has 0 saturated heterocycles. The van der Waals surface area contributed by atoms with E-state index in [1.807, 2.05) is 0 Å². The lowest BCUT2D eigenvalue weighted by molar-refractivity contribution is 0.149. The molecule has 0 aliphatic heterocycles. The van der Waals surface area contributed by atoms with Crippen LogP contribution in [0.3, 0.4) is 0 Å². The van der Waals surface area contributed by atoms with Crippen LogP contribution in [0.2, 0.25) is 0 Å². The van der Waals surface area contributed by atoms with E-state index < -0.39 is 11.2 Å². The Hall–Kier alpha value is -2.02. The molecule has 18 heavy (non-hydrogen) atoms. The predicted molar refractivity (Wildman–Crippen MR) is 70.8 cm³/mol. The average Bonchev–Trinajstić information content (AvgIpc) is 2.34. The highest BCUT2D eigenvalue weighted by atomic mass is 16.5. The molecule has 0 aliphatic carbocycles. The number of anilines is 2. The van der Waals surface area contributed by atoms with E-state index in [-0.39, 0.29) is 11.5 Å². The third-order valence-electron chi connectivity index (χ3n) is 2.38. The number of aromatic amines is 1. The summed E-state index contributed by atoms with van der Waals surface area (Å²) < 4.78 is 6.44. The Morgan fingerprint density at radius 2 is 2.22 bits per heavy atom. The molecule has 1 aromatic heterocycles. The number of nitrogens with one attached hydrogen (secondary N) is 2. The third-order valence-corrected chi connectivity index (χ3v) is 2.38. The number of hydrogen-bond acceptors (Lipinski definition) is 5. The van der Waals surface area contributed by atoms with Gasteiger partial charge in [0.05, 0.1) is 13.2 Å². The summed E-state index contributed by atoms with van der Waals surface area (Å²) in [6.45, 7) is 5.04. The van der Waals surface area contributed by atoms with Crippen molar-refractivity contribution in [3.05, 3.63) is 33.5 Å². The Labute approximate surface area is 104 Å². The minimum Gasteiger partial charge on any atom is -0.383 e. The molecule has 0 fully saturated rings. The fraction of sp³-hybridized carbons (Fsp3) is 0.455. The molecule has 0 aromatic carbocycles. The summed E-state index contributed by atoms with van der Waals surface area (Å²) in [6.07, 6.45) is 2.55. The topological polar surface area (TPSA) is 102 Å². The van der Waals surface area contributed by atoms with Crippen LogP contribution >= 0.6 is 0 Å². The normalized spacial score (nSPS) is 10.3. The molecule has 0 radical (unpaired) electrons. The van der Waals surface area contributed by atoms with Gasteiger partial charge in [0, 0.05) is 13.6 Å². The van der Waals surface area contributed by atoms with E-state index >= 15 is 0 Å². The van der Waals surface area contributed by atoms with E-state index in [9.17, 15) is 9.59 Å². The van der Waals surface area contributed by atoms with Crippen LogP contribution in [0.1, 0.15) is 6.42 Å². The van der Waals surface area contributed by atoms with Gasteiger partial charge in [-0.15, -0.1) is 6.58 Å². The minimum atomic E-state index is -0.537. The second-order valence-electron chi connectivity index (χ2n) is 3.70. The molecule has 0 saturated carbocycles. The maximum atomic E-state index is 11.5. The number of hydrogen-bond donors (Lipinski definition) is 3. The van der Waals surface area contributed by atoms with Crippen LogP contribution in [-0.2, 0) is 11.8 Å². The first-order valence-electron chi connectivity index (χ1n) is 5.59. The molecule has 1 rings (SSSR count). The van der Waals surface area contributed by atoms with Crippen LogP contribution in [0.15, 0.2) is 22.2 Å². The molecule has 7 heteroatoms. The Morgan fingerprint density at radius 3 is 2.89 bits per heavy atom. The van der Waals surface area contributed by atoms with Crippen LogP contribution in [0.5, 0.6) is 0 Å². The second kappa shape index (κ2) is 6.65. The van der Waals surface area contributed by atoms with Gasteiger partial charge in [0.15, 0.2) is 0 Å². The van der Waals surface area contributed by atoms with Gasteiger partial charge in [-0.25, -0.2) is 4.79 Å². The van der Waals surface area contributed by atoms with E-state index in [0.717, 1.165) is 6.42 Å². The van der Waals surface area contributed by atoms with Crippen LogP contribution in [0.25, 0.3) is 0 Å². The quantitative estimate of drug-likeness (QED) is 0.456. The van der Waals surface area contributed by atoms with Crippen molar-refractivity contribution >= 4 is 11.5 Å². The molecule has 0 aliphatic rings. The predicted octanol–water partition coefficient (Wildman–Crippen LogP) is -0.340. The summed E-state index contributed by atoms with van der Waals surface area (Å²) in [5, 5.41) is 2.85. The zero-order valence-electron chi connectivity index (χ0n) is 10.4. The zero-order valence-corrected chi connectivity index (χ0v) is 10.4. The fourth-order valence-corrected chi connectivity index (χ4v) is 1.32. The zero-order chi connectivity index (χ0) is 13.5. The van der Waals surface area contributed by atoms with Gasteiger partial charge in [0.1, 0.15) is 11.5 Å². The highest BCUT2D eigenvalue weighted by Gasteiger charge is 2.08. The summed E-state index contributed by atoms with van der Waals surface area (Å²) in [5.74, 6) is 0.106. The summed E-state index contributed by atoms with van der Waals surface area (Å²) in [6, 6.07) is 0. The van der Waals surface area contributed by atoms with E-state index in [4.69, 9.17) is 10.5 Å². The Balaban J connectivity index is 2.58. The molecule has 100 valence electrons. The Morgan fingerprint density at radius 1 is 1.50 bits per heavy atom. The Kier molecular flexibility index (Phi) is 5.19. The van der Waals surface area contributed by atoms with Crippen molar-refractivity contribution in [2.24, 2.45) is 7.05 Å². The van der Waals surface area contributed by atoms with Crippen LogP contribution in [0, 0.1) is 0 Å². The summed E-state index contributed by atoms with van der Waals surface area (Å²) in [5.41, 5.74) is 4.79. The molecule has 1 aromatic rings. The summed E-state index contributed by atoms with van der Waals surface area (Å²) in [4.78, 5) is 24.9. The molecule has 1 heterocycles. The van der Waals surface area contributed by atoms with Gasteiger partial charge in [-0.05, 0) is 6.42 Å². The average molecular weight is 254 g/mol. The number of rotatable bonds is 7. The van der Waals surface area contributed by atoms with Crippen molar-refractivity contribution in [3.63, 3.8) is 0 Å². The number of nitrogens with zero attached hydrogens (tertiary/aromatic N) is 1. The van der Waals surface area contributed by atoms with Gasteiger partial charge >= 0.3 is 5.69 Å². The van der Waals surface area contributed by atoms with Crippen molar-refractivity contribution < 1.29 is 4.74 Å². The molecule has 4 N–H and O–H groups in total. The first-order chi connectivity index (χ1) is 8.57. The molecular formula is C11H18N4O3. The van der Waals surface area contributed by atoms with Gasteiger partial charge < -0.3 is 15.8 Å². The number of nitrogens with two attached hydrogens (primary N) is 1. The van der Waals surface area contributed by atoms with Gasteiger partial charge in [-0.2, -0.15) is 0 Å². The molecule has 7 nitrogen and oxygen atoms in total. The van der Waals surface area contributed by atoms with Crippen LogP contribution in [-0.4, -0.2) is 29.3 Å². The van der Waals surface area contributed by atoms with Gasteiger partial charge in [-0.1, -0.05) is 6.08 Å². The fourth-order valence-electron chi connectivity index (χ4n) is 1.32. The maximum absolute atomic E-state index is 11.5. The van der Waals surface area contributed by atoms with Gasteiger partial charge in [0.25, 0.3) is 5.56 Å². The molecule has 0 atom stereocenters. The number of H-pyrrole nitrogens is 1. The summed E-state index contributed by atoms with van der Waals surface area (Å²) in [7, 11) is 1.49. The molecular weight excluding hydrogens is 236 g/mol. The smallest absolute Gasteiger partial charge is 0.329 e. The van der Waals surface area contributed by atoms with Crippen molar-refractivity contribution in [3.8, 4) is 0 Å². The SMILES string of the molecule is C=CCCOCCNc1c(N)n(C)c(=O)[nH]c1=O. The van der Waals surface area contributed by atoms with Gasteiger partial charge in [-0.3, -0.25) is 14.3 Å². The lowest BCUT2D eigenvalue weighted by Crippen LogP contribution is -2.33. The van der Waals surface area contributed by atoms with Crippen molar-refractivity contribution in [2.75, 3.05) is 30.8 Å². The number of nitrogen functional groups attached to an aromatic ring is 1. The number of aromatic nitrogens is 2. The van der Waals surface area contributed by atoms with Crippen molar-refractivity contribution in [1.29, 1.82) is 0 Å². The van der Waals surface area contributed by atoms with Crippen LogP contribution in [0.4, 0.5) is 11.5 Å². The van der Waals surface area contributed by atoms with E-state index in [1.54, 1.807) is 6.08 Å². The van der Waals surface area contributed by atoms with Crippen molar-refractivity contribution in [1.82, 2.24) is 9.55 Å². The molecule has 0 amide bonds. The van der Waals surface area contributed by atoms with Crippen molar-refractivity contribution in [2.45, 2.75) is 6.42 Å². The third kappa shape index (κ3) is 3.49. The lowest BCUT2D eigenvalue weighted by atomic mass is 10.4. The minimum absolute atomic E-state index is 0.106. The van der Waals surface area contributed by atoms with E-state index in [0.29, 0.717) is 19.8 Å². The number of ether oxygens (including phenoxy) is 1.